The van der Waals surface area contributed by atoms with Crippen molar-refractivity contribution in [2.75, 3.05) is 0 Å². The first-order chi connectivity index (χ1) is 9.88. The second-order valence-corrected chi connectivity index (χ2v) is 5.66. The molecule has 1 aliphatic carbocycles. The van der Waals surface area contributed by atoms with Gasteiger partial charge in [-0.1, -0.05) is 19.9 Å². The Labute approximate surface area is 123 Å². The van der Waals surface area contributed by atoms with Crippen LogP contribution in [0.4, 0.5) is 0 Å². The van der Waals surface area contributed by atoms with E-state index in [0.29, 0.717) is 5.56 Å². The second-order valence-electron chi connectivity index (χ2n) is 5.66. The standard InChI is InChI=1S/C16H20O5/c1-9-7-10(2)16(15(9)20)21-14(19)6-4-11-3-5-12(17)13(18)8-11/h3-6,8-10,15-18,20H,7H2,1-2H3/b6-4+/t9-,10+,15-,16-/m1/s1. The van der Waals surface area contributed by atoms with Gasteiger partial charge in [0.25, 0.3) is 0 Å². The van der Waals surface area contributed by atoms with E-state index in [1.165, 1.54) is 24.3 Å². The Morgan fingerprint density at radius 3 is 2.52 bits per heavy atom. The summed E-state index contributed by atoms with van der Waals surface area (Å²) in [6, 6.07) is 4.24. The van der Waals surface area contributed by atoms with Gasteiger partial charge in [0, 0.05) is 6.08 Å². The molecule has 1 aromatic rings. The van der Waals surface area contributed by atoms with Crippen molar-refractivity contribution in [2.45, 2.75) is 32.5 Å². The number of ether oxygens (including phenoxy) is 1. The van der Waals surface area contributed by atoms with Crippen molar-refractivity contribution in [2.24, 2.45) is 11.8 Å². The molecule has 114 valence electrons. The quantitative estimate of drug-likeness (QED) is 0.451. The summed E-state index contributed by atoms with van der Waals surface area (Å²) in [4.78, 5) is 11.8. The van der Waals surface area contributed by atoms with Gasteiger partial charge in [-0.25, -0.2) is 4.79 Å². The van der Waals surface area contributed by atoms with E-state index in [1.54, 1.807) is 6.07 Å². The lowest BCUT2D eigenvalue weighted by atomic mass is 10.1. The van der Waals surface area contributed by atoms with Crippen molar-refractivity contribution < 1.29 is 24.9 Å². The first-order valence-electron chi connectivity index (χ1n) is 6.97. The van der Waals surface area contributed by atoms with Gasteiger partial charge in [0.1, 0.15) is 6.10 Å². The van der Waals surface area contributed by atoms with E-state index in [4.69, 9.17) is 4.74 Å². The molecule has 5 nitrogen and oxygen atoms in total. The van der Waals surface area contributed by atoms with Crippen LogP contribution in [-0.2, 0) is 9.53 Å². The van der Waals surface area contributed by atoms with E-state index in [2.05, 4.69) is 0 Å². The lowest BCUT2D eigenvalue weighted by molar-refractivity contribution is -0.150. The maximum atomic E-state index is 11.8. The van der Waals surface area contributed by atoms with Crippen molar-refractivity contribution in [1.29, 1.82) is 0 Å². The summed E-state index contributed by atoms with van der Waals surface area (Å²) < 4.78 is 5.29. The molecule has 0 heterocycles. The molecule has 0 saturated heterocycles. The molecule has 0 spiro atoms. The second kappa shape index (κ2) is 6.18. The van der Waals surface area contributed by atoms with Crippen molar-refractivity contribution >= 4 is 12.0 Å². The van der Waals surface area contributed by atoms with Crippen molar-refractivity contribution in [1.82, 2.24) is 0 Å². The van der Waals surface area contributed by atoms with E-state index in [-0.39, 0.29) is 23.3 Å². The van der Waals surface area contributed by atoms with Crippen molar-refractivity contribution in [3.05, 3.63) is 29.8 Å². The maximum absolute atomic E-state index is 11.8. The zero-order valence-electron chi connectivity index (χ0n) is 12.1. The van der Waals surface area contributed by atoms with Gasteiger partial charge in [0.05, 0.1) is 6.10 Å². The van der Waals surface area contributed by atoms with Crippen molar-refractivity contribution in [3.63, 3.8) is 0 Å². The zero-order valence-corrected chi connectivity index (χ0v) is 12.1. The van der Waals surface area contributed by atoms with Gasteiger partial charge in [-0.15, -0.1) is 0 Å². The SMILES string of the molecule is C[C@@H]1C[C@H](C)[C@@H](OC(=O)/C=C/c2ccc(O)c(O)c2)[C@@H]1O. The van der Waals surface area contributed by atoms with Gasteiger partial charge < -0.3 is 20.1 Å². The van der Waals surface area contributed by atoms with Gasteiger partial charge in [-0.3, -0.25) is 0 Å². The smallest absolute Gasteiger partial charge is 0.331 e. The van der Waals surface area contributed by atoms with Crippen LogP contribution in [-0.4, -0.2) is 33.5 Å². The Bertz CT molecular complexity index is 552. The van der Waals surface area contributed by atoms with E-state index < -0.39 is 18.2 Å². The Hall–Kier alpha value is -2.01. The number of benzene rings is 1. The van der Waals surface area contributed by atoms with Crippen LogP contribution < -0.4 is 0 Å². The highest BCUT2D eigenvalue weighted by atomic mass is 16.6. The van der Waals surface area contributed by atoms with Gasteiger partial charge >= 0.3 is 5.97 Å². The number of rotatable bonds is 3. The van der Waals surface area contributed by atoms with Crippen LogP contribution in [0.5, 0.6) is 11.5 Å². The van der Waals surface area contributed by atoms with Crippen LogP contribution in [0.2, 0.25) is 0 Å². The summed E-state index contributed by atoms with van der Waals surface area (Å²) in [7, 11) is 0. The molecule has 0 bridgehead atoms. The molecule has 4 atom stereocenters. The Kier molecular flexibility index (Phi) is 4.53. The van der Waals surface area contributed by atoms with Crippen LogP contribution in [0.15, 0.2) is 24.3 Å². The topological polar surface area (TPSA) is 87.0 Å². The molecular weight excluding hydrogens is 272 g/mol. The highest BCUT2D eigenvalue weighted by Gasteiger charge is 2.39. The van der Waals surface area contributed by atoms with Gasteiger partial charge in [-0.2, -0.15) is 0 Å². The third kappa shape index (κ3) is 3.55. The summed E-state index contributed by atoms with van der Waals surface area (Å²) in [5, 5.41) is 28.5. The summed E-state index contributed by atoms with van der Waals surface area (Å²) >= 11 is 0. The molecule has 1 fully saturated rings. The number of phenolic OH excluding ortho intramolecular Hbond substituents is 2. The van der Waals surface area contributed by atoms with Gasteiger partial charge in [0.2, 0.25) is 0 Å². The normalized spacial score (nSPS) is 28.9. The van der Waals surface area contributed by atoms with Crippen LogP contribution in [0.3, 0.4) is 0 Å². The summed E-state index contributed by atoms with van der Waals surface area (Å²) in [6.45, 7) is 3.89. The minimum atomic E-state index is -0.630. The summed E-state index contributed by atoms with van der Waals surface area (Å²) in [5.41, 5.74) is 0.565. The van der Waals surface area contributed by atoms with E-state index in [9.17, 15) is 20.1 Å². The fourth-order valence-electron chi connectivity index (χ4n) is 2.69. The van der Waals surface area contributed by atoms with E-state index >= 15 is 0 Å². The zero-order chi connectivity index (χ0) is 15.6. The fourth-order valence-corrected chi connectivity index (χ4v) is 2.69. The van der Waals surface area contributed by atoms with Crippen LogP contribution in [0.25, 0.3) is 6.08 Å². The number of hydrogen-bond acceptors (Lipinski definition) is 5. The third-order valence-corrected chi connectivity index (χ3v) is 3.89. The first-order valence-corrected chi connectivity index (χ1v) is 6.97. The number of aliphatic hydroxyl groups excluding tert-OH is 1. The summed E-state index contributed by atoms with van der Waals surface area (Å²) in [5.74, 6) is -0.751. The highest BCUT2D eigenvalue weighted by molar-refractivity contribution is 5.87. The number of esters is 1. The van der Waals surface area contributed by atoms with Crippen LogP contribution in [0, 0.1) is 11.8 Å². The average molecular weight is 292 g/mol. The molecule has 21 heavy (non-hydrogen) atoms. The predicted octanol–water partition coefficient (Wildman–Crippen LogP) is 2.06. The van der Waals surface area contributed by atoms with Crippen molar-refractivity contribution in [3.8, 4) is 11.5 Å². The molecule has 0 aromatic heterocycles. The molecule has 0 amide bonds. The number of carbonyl (C=O) groups excluding carboxylic acids is 1. The van der Waals surface area contributed by atoms with E-state index in [1.807, 2.05) is 13.8 Å². The molecule has 1 aromatic carbocycles. The minimum absolute atomic E-state index is 0.121. The number of carbonyl (C=O) groups is 1. The van der Waals surface area contributed by atoms with Gasteiger partial charge in [0.15, 0.2) is 11.5 Å². The molecule has 1 saturated carbocycles. The molecule has 1 aliphatic rings. The largest absolute Gasteiger partial charge is 0.504 e. The number of hydrogen-bond donors (Lipinski definition) is 3. The minimum Gasteiger partial charge on any atom is -0.504 e. The number of aliphatic hydroxyl groups is 1. The maximum Gasteiger partial charge on any atom is 0.331 e. The number of phenols is 2. The van der Waals surface area contributed by atoms with Crippen LogP contribution >= 0.6 is 0 Å². The van der Waals surface area contributed by atoms with E-state index in [0.717, 1.165) is 6.42 Å². The highest BCUT2D eigenvalue weighted by Crippen LogP contribution is 2.33. The Morgan fingerprint density at radius 2 is 1.95 bits per heavy atom. The fraction of sp³-hybridized carbons (Fsp3) is 0.438. The lowest BCUT2D eigenvalue weighted by Crippen LogP contribution is -2.31. The third-order valence-electron chi connectivity index (χ3n) is 3.89. The predicted molar refractivity (Wildman–Crippen MR) is 77.6 cm³/mol. The molecule has 0 radical (unpaired) electrons. The molecule has 0 unspecified atom stereocenters. The summed E-state index contributed by atoms with van der Waals surface area (Å²) in [6.07, 6.45) is 2.44. The lowest BCUT2D eigenvalue weighted by Gasteiger charge is -2.19. The molecular formula is C16H20O5. The average Bonchev–Trinajstić information content (AvgIpc) is 2.67. The Morgan fingerprint density at radius 1 is 1.24 bits per heavy atom. The molecule has 3 N–H and O–H groups in total. The molecule has 2 rings (SSSR count). The number of aromatic hydroxyl groups is 2. The molecule has 0 aliphatic heterocycles. The first kappa shape index (κ1) is 15.4. The van der Waals surface area contributed by atoms with Gasteiger partial charge in [-0.05, 0) is 42.0 Å². The van der Waals surface area contributed by atoms with Crippen LogP contribution in [0.1, 0.15) is 25.8 Å². The molecule has 5 heteroatoms. The monoisotopic (exact) mass is 292 g/mol. The Balaban J connectivity index is 1.98.